The maximum atomic E-state index is 11.6. The Balaban J connectivity index is 1.67. The van der Waals surface area contributed by atoms with E-state index in [1.54, 1.807) is 12.4 Å². The lowest BCUT2D eigenvalue weighted by Crippen LogP contribution is -1.97. The molecule has 0 atom stereocenters. The third-order valence-corrected chi connectivity index (χ3v) is 6.20. The minimum absolute atomic E-state index is 0.0850. The molecule has 0 fully saturated rings. The van der Waals surface area contributed by atoms with Crippen LogP contribution < -0.4 is 0 Å². The average Bonchev–Trinajstić information content (AvgIpc) is 3.26. The van der Waals surface area contributed by atoms with Crippen molar-refractivity contribution in [3.63, 3.8) is 0 Å². The van der Waals surface area contributed by atoms with Crippen LogP contribution in [0.4, 0.5) is 11.4 Å². The van der Waals surface area contributed by atoms with Gasteiger partial charge in [0.2, 0.25) is 0 Å². The second-order valence-electron chi connectivity index (χ2n) is 8.26. The number of aromatic nitrogens is 4. The zero-order valence-corrected chi connectivity index (χ0v) is 19.1. The molecule has 6 rings (SSSR count). The molecule has 4 aromatic heterocycles. The number of benzene rings is 2. The molecule has 178 valence electrons. The number of rotatable bonds is 5. The highest BCUT2D eigenvalue weighted by Crippen LogP contribution is 2.38. The highest BCUT2D eigenvalue weighted by atomic mass is 16.6. The molecule has 0 aliphatic carbocycles. The van der Waals surface area contributed by atoms with Gasteiger partial charge >= 0.3 is 0 Å². The van der Waals surface area contributed by atoms with Crippen molar-refractivity contribution in [3.8, 4) is 28.2 Å². The minimum Gasteiger partial charge on any atom is -0.309 e. The van der Waals surface area contributed by atoms with Crippen LogP contribution in [0.1, 0.15) is 0 Å². The Morgan fingerprint density at radius 2 is 1.11 bits per heavy atom. The summed E-state index contributed by atoms with van der Waals surface area (Å²) >= 11 is 0. The van der Waals surface area contributed by atoms with Crippen LogP contribution in [0, 0.1) is 20.2 Å². The van der Waals surface area contributed by atoms with Gasteiger partial charge in [0, 0.05) is 64.5 Å². The first-order chi connectivity index (χ1) is 18.0. The summed E-state index contributed by atoms with van der Waals surface area (Å²) in [5.41, 5.74) is 3.97. The number of nitro groups is 2. The van der Waals surface area contributed by atoms with Gasteiger partial charge in [-0.2, -0.15) is 0 Å². The van der Waals surface area contributed by atoms with Gasteiger partial charge in [-0.05, 0) is 36.4 Å². The van der Waals surface area contributed by atoms with Crippen molar-refractivity contribution >= 4 is 33.2 Å². The maximum Gasteiger partial charge on any atom is 0.295 e. The largest absolute Gasteiger partial charge is 0.309 e. The lowest BCUT2D eigenvalue weighted by Gasteiger charge is -2.09. The number of pyridine rings is 3. The molecule has 37 heavy (non-hydrogen) atoms. The molecule has 6 aromatic rings. The van der Waals surface area contributed by atoms with E-state index < -0.39 is 9.85 Å². The van der Waals surface area contributed by atoms with E-state index in [1.165, 1.54) is 36.7 Å². The fraction of sp³-hybridized carbons (Fsp3) is 0. The Morgan fingerprint density at radius 3 is 1.57 bits per heavy atom. The fourth-order valence-corrected chi connectivity index (χ4v) is 4.62. The zero-order chi connectivity index (χ0) is 25.5. The van der Waals surface area contributed by atoms with Crippen molar-refractivity contribution in [3.05, 3.63) is 118 Å². The average molecular weight is 488 g/mol. The number of fused-ring (bicyclic) bond motifs is 3. The topological polar surface area (TPSA) is 130 Å². The van der Waals surface area contributed by atoms with Crippen molar-refractivity contribution in [2.24, 2.45) is 0 Å². The van der Waals surface area contributed by atoms with Gasteiger partial charge in [0.05, 0.1) is 20.9 Å². The molecule has 0 aliphatic heterocycles. The molecule has 10 heteroatoms. The summed E-state index contributed by atoms with van der Waals surface area (Å²) < 4.78 is 2.00. The molecule has 0 unspecified atom stereocenters. The van der Waals surface area contributed by atoms with Crippen molar-refractivity contribution in [1.29, 1.82) is 0 Å². The van der Waals surface area contributed by atoms with Crippen LogP contribution in [-0.2, 0) is 0 Å². The number of hydrogen-bond donors (Lipinski definition) is 0. The monoisotopic (exact) mass is 488 g/mol. The number of hydrogen-bond acceptors (Lipinski definition) is 7. The van der Waals surface area contributed by atoms with E-state index in [4.69, 9.17) is 0 Å². The van der Waals surface area contributed by atoms with Gasteiger partial charge in [0.15, 0.2) is 0 Å². The molecule has 0 radical (unpaired) electrons. The van der Waals surface area contributed by atoms with E-state index in [1.807, 2.05) is 53.1 Å². The molecule has 10 nitrogen and oxygen atoms in total. The van der Waals surface area contributed by atoms with Crippen molar-refractivity contribution < 1.29 is 9.85 Å². The van der Waals surface area contributed by atoms with E-state index in [9.17, 15) is 20.2 Å². The molecule has 0 amide bonds. The summed E-state index contributed by atoms with van der Waals surface area (Å²) in [5, 5.41) is 25.1. The predicted molar refractivity (Wildman–Crippen MR) is 138 cm³/mol. The highest BCUT2D eigenvalue weighted by molar-refractivity contribution is 6.11. The fourth-order valence-electron chi connectivity index (χ4n) is 4.62. The molecule has 0 aliphatic rings. The van der Waals surface area contributed by atoms with Crippen LogP contribution in [0.2, 0.25) is 0 Å². The first-order valence-electron chi connectivity index (χ1n) is 11.2. The highest BCUT2D eigenvalue weighted by Gasteiger charge is 2.21. The molecule has 0 N–H and O–H groups in total. The SMILES string of the molecule is O=[N+]([O-])c1cccnc1-c1ccc2c3ccc(-c4ncccc4[N+](=O)[O-])cc3n(-c3ccncc3)c2c1. The van der Waals surface area contributed by atoms with Crippen LogP contribution in [-0.4, -0.2) is 29.4 Å². The van der Waals surface area contributed by atoms with Crippen LogP contribution in [0.5, 0.6) is 0 Å². The molecule has 0 saturated carbocycles. The molecule has 4 heterocycles. The number of nitrogens with zero attached hydrogens (tertiary/aromatic N) is 6. The van der Waals surface area contributed by atoms with Gasteiger partial charge in [-0.1, -0.05) is 24.3 Å². The third kappa shape index (κ3) is 3.64. The second-order valence-corrected chi connectivity index (χ2v) is 8.26. The molecule has 0 bridgehead atoms. The van der Waals surface area contributed by atoms with Gasteiger partial charge < -0.3 is 4.57 Å². The molecular formula is C27H16N6O4. The van der Waals surface area contributed by atoms with Crippen LogP contribution in [0.25, 0.3) is 50.0 Å². The van der Waals surface area contributed by atoms with Gasteiger partial charge in [0.25, 0.3) is 11.4 Å². The van der Waals surface area contributed by atoms with Crippen LogP contribution >= 0.6 is 0 Å². The Morgan fingerprint density at radius 1 is 0.622 bits per heavy atom. The van der Waals surface area contributed by atoms with E-state index >= 15 is 0 Å². The first-order valence-corrected chi connectivity index (χ1v) is 11.2. The summed E-state index contributed by atoms with van der Waals surface area (Å²) in [6.07, 6.45) is 6.40. The zero-order valence-electron chi connectivity index (χ0n) is 19.1. The summed E-state index contributed by atoms with van der Waals surface area (Å²) in [7, 11) is 0. The summed E-state index contributed by atoms with van der Waals surface area (Å²) in [4.78, 5) is 35.1. The maximum absolute atomic E-state index is 11.6. The Kier molecular flexibility index (Phi) is 5.12. The van der Waals surface area contributed by atoms with Crippen molar-refractivity contribution in [2.75, 3.05) is 0 Å². The standard InChI is InChI=1S/C27H16N6O4/c34-32(35)22-3-1-11-29-26(22)17-5-7-20-21-8-6-18(27-23(33(36)37)4-2-12-30-27)16-25(21)31(24(20)15-17)19-9-13-28-14-10-19/h1-16H. The smallest absolute Gasteiger partial charge is 0.295 e. The normalized spacial score (nSPS) is 11.1. The molecule has 0 saturated heterocycles. The van der Waals surface area contributed by atoms with Crippen LogP contribution in [0.3, 0.4) is 0 Å². The second kappa shape index (κ2) is 8.61. The van der Waals surface area contributed by atoms with Crippen molar-refractivity contribution in [1.82, 2.24) is 19.5 Å². The lowest BCUT2D eigenvalue weighted by molar-refractivity contribution is -0.384. The van der Waals surface area contributed by atoms with Gasteiger partial charge in [-0.15, -0.1) is 0 Å². The molecule has 0 spiro atoms. The third-order valence-electron chi connectivity index (χ3n) is 6.20. The summed E-state index contributed by atoms with van der Waals surface area (Å²) in [6, 6.07) is 20.8. The van der Waals surface area contributed by atoms with Gasteiger partial charge in [-0.25, -0.2) is 9.97 Å². The molecule has 2 aromatic carbocycles. The van der Waals surface area contributed by atoms with E-state index in [-0.39, 0.29) is 22.8 Å². The minimum atomic E-state index is -0.447. The van der Waals surface area contributed by atoms with Gasteiger partial charge in [0.1, 0.15) is 11.4 Å². The van der Waals surface area contributed by atoms with Crippen LogP contribution in [0.15, 0.2) is 97.6 Å². The van der Waals surface area contributed by atoms with Gasteiger partial charge in [-0.3, -0.25) is 25.2 Å². The predicted octanol–water partition coefficient (Wildman–Crippen LogP) is 6.12. The quantitative estimate of drug-likeness (QED) is 0.211. The lowest BCUT2D eigenvalue weighted by atomic mass is 10.0. The summed E-state index contributed by atoms with van der Waals surface area (Å²) in [5.74, 6) is 0. The summed E-state index contributed by atoms with van der Waals surface area (Å²) in [6.45, 7) is 0. The van der Waals surface area contributed by atoms with E-state index in [0.717, 1.165) is 27.5 Å². The Bertz CT molecular complexity index is 1730. The van der Waals surface area contributed by atoms with Crippen molar-refractivity contribution in [2.45, 2.75) is 0 Å². The van der Waals surface area contributed by atoms with E-state index in [0.29, 0.717) is 11.1 Å². The molecular weight excluding hydrogens is 472 g/mol. The van der Waals surface area contributed by atoms with E-state index in [2.05, 4.69) is 15.0 Å². The Labute approximate surface area is 208 Å². The Hall–Kier alpha value is -5.51. The first kappa shape index (κ1) is 22.0.